The molecule has 5 nitrogen and oxygen atoms in total. The van der Waals surface area contributed by atoms with Gasteiger partial charge in [0.1, 0.15) is 0 Å². The third kappa shape index (κ3) is 4.42. The van der Waals surface area contributed by atoms with Crippen LogP contribution in [0.25, 0.3) is 0 Å². The van der Waals surface area contributed by atoms with Gasteiger partial charge >= 0.3 is 0 Å². The average Bonchev–Trinajstić information content (AvgIpc) is 2.75. The summed E-state index contributed by atoms with van der Waals surface area (Å²) in [7, 11) is 0. The molecule has 1 unspecified atom stereocenters. The van der Waals surface area contributed by atoms with E-state index < -0.39 is 0 Å². The molecule has 5 heteroatoms. The van der Waals surface area contributed by atoms with E-state index in [9.17, 15) is 0 Å². The van der Waals surface area contributed by atoms with E-state index in [0.29, 0.717) is 0 Å². The summed E-state index contributed by atoms with van der Waals surface area (Å²) in [5.41, 5.74) is 0. The maximum Gasteiger partial charge on any atom is 0.0607 e. The molecule has 1 heterocycles. The molecule has 1 atom stereocenters. The summed E-state index contributed by atoms with van der Waals surface area (Å²) in [6.07, 6.45) is 4.59. The summed E-state index contributed by atoms with van der Waals surface area (Å²) >= 11 is 0. The molecule has 0 aliphatic rings. The average molecular weight is 213 g/mol. The lowest BCUT2D eigenvalue weighted by Gasteiger charge is -2.19. The van der Waals surface area contributed by atoms with Crippen molar-refractivity contribution in [3.05, 3.63) is 18.5 Å². The predicted molar refractivity (Wildman–Crippen MR) is 57.4 cm³/mol. The molecule has 0 aromatic carbocycles. The molecule has 0 aliphatic heterocycles. The fourth-order valence-corrected chi connectivity index (χ4v) is 1.41. The molecule has 1 rings (SSSR count). The smallest absolute Gasteiger partial charge is 0.0607 e. The quantitative estimate of drug-likeness (QED) is 0.576. The Balaban J connectivity index is 2.21. The van der Waals surface area contributed by atoms with Crippen LogP contribution >= 0.6 is 0 Å². The molecule has 0 saturated heterocycles. The molecule has 86 valence electrons. The van der Waals surface area contributed by atoms with E-state index in [1.54, 1.807) is 6.20 Å². The van der Waals surface area contributed by atoms with Gasteiger partial charge in [0.2, 0.25) is 0 Å². The van der Waals surface area contributed by atoms with Crippen LogP contribution in [0.3, 0.4) is 0 Å². The van der Waals surface area contributed by atoms with Crippen LogP contribution < -0.4 is 5.32 Å². The molecular formula is C10H19N3O2. The summed E-state index contributed by atoms with van der Waals surface area (Å²) in [5.74, 6) is 0. The van der Waals surface area contributed by atoms with Crippen molar-refractivity contribution in [3.8, 4) is 0 Å². The Morgan fingerprint density at radius 1 is 1.40 bits per heavy atom. The highest BCUT2D eigenvalue weighted by atomic mass is 16.3. The van der Waals surface area contributed by atoms with Crippen LogP contribution in [-0.4, -0.2) is 45.3 Å². The van der Waals surface area contributed by atoms with E-state index in [-0.39, 0.29) is 25.3 Å². The highest BCUT2D eigenvalue weighted by Gasteiger charge is 2.09. The summed E-state index contributed by atoms with van der Waals surface area (Å²) in [5, 5.41) is 25.0. The number of aryl methyl sites for hydroxylation is 1. The first-order chi connectivity index (χ1) is 7.26. The number of hydrogen-bond acceptors (Lipinski definition) is 4. The number of aromatic nitrogens is 2. The molecule has 0 amide bonds. The van der Waals surface area contributed by atoms with Crippen LogP contribution in [0.15, 0.2) is 18.5 Å². The number of nitrogens with zero attached hydrogens (tertiary/aromatic N) is 2. The monoisotopic (exact) mass is 213 g/mol. The minimum Gasteiger partial charge on any atom is -0.395 e. The first-order valence-electron chi connectivity index (χ1n) is 5.21. The maximum atomic E-state index is 8.89. The normalized spacial score (nSPS) is 13.3. The van der Waals surface area contributed by atoms with E-state index in [0.717, 1.165) is 13.0 Å². The van der Waals surface area contributed by atoms with E-state index in [1.807, 2.05) is 23.9 Å². The van der Waals surface area contributed by atoms with Gasteiger partial charge < -0.3 is 15.5 Å². The van der Waals surface area contributed by atoms with E-state index >= 15 is 0 Å². The van der Waals surface area contributed by atoms with Crippen molar-refractivity contribution in [2.75, 3.05) is 13.2 Å². The Kier molecular flexibility index (Phi) is 5.31. The van der Waals surface area contributed by atoms with Gasteiger partial charge in [-0.2, -0.15) is 5.10 Å². The molecule has 0 saturated carbocycles. The Morgan fingerprint density at radius 3 is 2.67 bits per heavy atom. The van der Waals surface area contributed by atoms with E-state index in [2.05, 4.69) is 10.4 Å². The van der Waals surface area contributed by atoms with Crippen molar-refractivity contribution >= 4 is 0 Å². The summed E-state index contributed by atoms with van der Waals surface area (Å²) in [4.78, 5) is 0. The van der Waals surface area contributed by atoms with Crippen molar-refractivity contribution in [2.24, 2.45) is 0 Å². The van der Waals surface area contributed by atoms with Gasteiger partial charge in [-0.05, 0) is 19.4 Å². The molecule has 1 aromatic rings. The Morgan fingerprint density at radius 2 is 2.13 bits per heavy atom. The lowest BCUT2D eigenvalue weighted by Crippen LogP contribution is -2.41. The fourth-order valence-electron chi connectivity index (χ4n) is 1.41. The third-order valence-corrected chi connectivity index (χ3v) is 2.31. The topological polar surface area (TPSA) is 70.3 Å². The van der Waals surface area contributed by atoms with Gasteiger partial charge in [0.05, 0.1) is 19.3 Å². The standard InChI is InChI=1S/C10H19N3O2/c1-9(12-10(7-14)8-15)3-6-13-5-2-4-11-13/h2,4-5,9-10,12,14-15H,3,6-8H2,1H3. The van der Waals surface area contributed by atoms with E-state index in [1.165, 1.54) is 0 Å². The highest BCUT2D eigenvalue weighted by Crippen LogP contribution is 1.96. The summed E-state index contributed by atoms with van der Waals surface area (Å²) < 4.78 is 1.87. The molecule has 15 heavy (non-hydrogen) atoms. The third-order valence-electron chi connectivity index (χ3n) is 2.31. The number of rotatable bonds is 7. The zero-order valence-electron chi connectivity index (χ0n) is 9.00. The van der Waals surface area contributed by atoms with Crippen LogP contribution in [-0.2, 0) is 6.54 Å². The van der Waals surface area contributed by atoms with Crippen molar-refractivity contribution in [2.45, 2.75) is 32.0 Å². The lowest BCUT2D eigenvalue weighted by atomic mass is 10.2. The second-order valence-electron chi connectivity index (χ2n) is 3.69. The fraction of sp³-hybridized carbons (Fsp3) is 0.700. The molecule has 0 fully saturated rings. The molecule has 0 radical (unpaired) electrons. The van der Waals surface area contributed by atoms with Crippen molar-refractivity contribution in [1.82, 2.24) is 15.1 Å². The molecule has 3 N–H and O–H groups in total. The predicted octanol–water partition coefficient (Wildman–Crippen LogP) is -0.396. The second kappa shape index (κ2) is 6.55. The van der Waals surface area contributed by atoms with Crippen molar-refractivity contribution in [3.63, 3.8) is 0 Å². The zero-order valence-corrected chi connectivity index (χ0v) is 9.00. The lowest BCUT2D eigenvalue weighted by molar-refractivity contribution is 0.161. The largest absolute Gasteiger partial charge is 0.395 e. The van der Waals surface area contributed by atoms with Gasteiger partial charge in [0.15, 0.2) is 0 Å². The number of hydrogen-bond donors (Lipinski definition) is 3. The van der Waals surface area contributed by atoms with Crippen LogP contribution in [0, 0.1) is 0 Å². The van der Waals surface area contributed by atoms with Crippen LogP contribution in [0.2, 0.25) is 0 Å². The minimum absolute atomic E-state index is 0.0391. The van der Waals surface area contributed by atoms with Crippen LogP contribution in [0.5, 0.6) is 0 Å². The van der Waals surface area contributed by atoms with Crippen LogP contribution in [0.4, 0.5) is 0 Å². The number of nitrogens with one attached hydrogen (secondary N) is 1. The number of aliphatic hydroxyl groups is 2. The molecular weight excluding hydrogens is 194 g/mol. The number of aliphatic hydroxyl groups excluding tert-OH is 2. The zero-order chi connectivity index (χ0) is 11.1. The maximum absolute atomic E-state index is 8.89. The molecule has 0 spiro atoms. The molecule has 1 aromatic heterocycles. The van der Waals surface area contributed by atoms with Gasteiger partial charge in [-0.3, -0.25) is 4.68 Å². The second-order valence-corrected chi connectivity index (χ2v) is 3.69. The van der Waals surface area contributed by atoms with Gasteiger partial charge in [0, 0.05) is 25.0 Å². The first-order valence-corrected chi connectivity index (χ1v) is 5.21. The summed E-state index contributed by atoms with van der Waals surface area (Å²) in [6.45, 7) is 2.79. The molecule has 0 aliphatic carbocycles. The Bertz CT molecular complexity index is 247. The SMILES string of the molecule is CC(CCn1cccn1)NC(CO)CO. The Labute approximate surface area is 89.7 Å². The van der Waals surface area contributed by atoms with Gasteiger partial charge in [-0.25, -0.2) is 0 Å². The van der Waals surface area contributed by atoms with Crippen molar-refractivity contribution < 1.29 is 10.2 Å². The minimum atomic E-state index is -0.224. The summed E-state index contributed by atoms with van der Waals surface area (Å²) in [6, 6.07) is 1.92. The molecule has 0 bridgehead atoms. The van der Waals surface area contributed by atoms with Gasteiger partial charge in [0.25, 0.3) is 0 Å². The van der Waals surface area contributed by atoms with Gasteiger partial charge in [-0.15, -0.1) is 0 Å². The highest BCUT2D eigenvalue weighted by molar-refractivity contribution is 4.78. The first kappa shape index (κ1) is 12.2. The van der Waals surface area contributed by atoms with Crippen molar-refractivity contribution in [1.29, 1.82) is 0 Å². The van der Waals surface area contributed by atoms with E-state index in [4.69, 9.17) is 10.2 Å². The Hall–Kier alpha value is -0.910. The van der Waals surface area contributed by atoms with Gasteiger partial charge in [-0.1, -0.05) is 0 Å². The van der Waals surface area contributed by atoms with Crippen LogP contribution in [0.1, 0.15) is 13.3 Å².